The minimum absolute atomic E-state index is 0.00949. The molecular weight excluding hydrogens is 546 g/mol. The molecule has 40 heavy (non-hydrogen) atoms. The van der Waals surface area contributed by atoms with Crippen LogP contribution in [0.1, 0.15) is 25.0 Å². The van der Waals surface area contributed by atoms with Crippen molar-refractivity contribution in [2.75, 3.05) is 20.1 Å². The van der Waals surface area contributed by atoms with Crippen molar-refractivity contribution in [1.29, 1.82) is 0 Å². The molecule has 10 heteroatoms. The molecule has 8 nitrogen and oxygen atoms in total. The molecular formula is C30H35N3O5S2. The van der Waals surface area contributed by atoms with Crippen LogP contribution in [-0.4, -0.2) is 66.1 Å². The summed E-state index contributed by atoms with van der Waals surface area (Å²) in [4.78, 5) is 18.8. The normalized spacial score (nSPS) is 13.4. The van der Waals surface area contributed by atoms with Crippen molar-refractivity contribution in [2.24, 2.45) is 5.92 Å². The number of ether oxygens (including phenoxy) is 1. The highest BCUT2D eigenvalue weighted by Crippen LogP contribution is 2.26. The van der Waals surface area contributed by atoms with Gasteiger partial charge in [-0.25, -0.2) is 18.2 Å². The van der Waals surface area contributed by atoms with E-state index in [1.54, 1.807) is 30.8 Å². The molecule has 3 aromatic carbocycles. The van der Waals surface area contributed by atoms with Crippen LogP contribution >= 0.6 is 11.3 Å². The SMILES string of the molecule is CC(C)CN(C[C@@H](O)[C@H](Cc1ccccc1)N(C)C(=O)OCc1ccccc1)S(=O)(=O)c1ccc2ncsc2c1. The topological polar surface area (TPSA) is 100 Å². The molecule has 1 amide bonds. The first-order valence-corrected chi connectivity index (χ1v) is 15.5. The van der Waals surface area contributed by atoms with E-state index in [2.05, 4.69) is 4.98 Å². The van der Waals surface area contributed by atoms with E-state index >= 15 is 0 Å². The Morgan fingerprint density at radius 2 is 1.62 bits per heavy atom. The molecule has 0 aliphatic heterocycles. The van der Waals surface area contributed by atoms with Crippen LogP contribution in [0.4, 0.5) is 4.79 Å². The van der Waals surface area contributed by atoms with Gasteiger partial charge in [0.05, 0.1) is 32.8 Å². The van der Waals surface area contributed by atoms with E-state index in [4.69, 9.17) is 4.74 Å². The lowest BCUT2D eigenvalue weighted by Crippen LogP contribution is -2.51. The maximum atomic E-state index is 13.8. The molecule has 4 rings (SSSR count). The van der Waals surface area contributed by atoms with Crippen molar-refractivity contribution >= 4 is 37.7 Å². The van der Waals surface area contributed by atoms with Crippen molar-refractivity contribution in [1.82, 2.24) is 14.2 Å². The lowest BCUT2D eigenvalue weighted by atomic mass is 10.00. The molecule has 0 spiro atoms. The number of fused-ring (bicyclic) bond motifs is 1. The number of hydrogen-bond acceptors (Lipinski definition) is 7. The van der Waals surface area contributed by atoms with Gasteiger partial charge in [-0.15, -0.1) is 11.3 Å². The lowest BCUT2D eigenvalue weighted by Gasteiger charge is -2.34. The van der Waals surface area contributed by atoms with Gasteiger partial charge < -0.3 is 14.7 Å². The molecule has 1 N–H and O–H groups in total. The largest absolute Gasteiger partial charge is 0.445 e. The predicted octanol–water partition coefficient (Wildman–Crippen LogP) is 5.18. The molecule has 4 aromatic rings. The van der Waals surface area contributed by atoms with E-state index in [9.17, 15) is 18.3 Å². The minimum Gasteiger partial charge on any atom is -0.445 e. The predicted molar refractivity (Wildman–Crippen MR) is 158 cm³/mol. The maximum absolute atomic E-state index is 13.8. The molecule has 212 valence electrons. The van der Waals surface area contributed by atoms with Gasteiger partial charge in [-0.1, -0.05) is 74.5 Å². The summed E-state index contributed by atoms with van der Waals surface area (Å²) >= 11 is 1.37. The number of aliphatic hydroxyl groups is 1. The zero-order chi connectivity index (χ0) is 28.7. The van der Waals surface area contributed by atoms with Gasteiger partial charge in [0.25, 0.3) is 0 Å². The van der Waals surface area contributed by atoms with E-state index in [0.717, 1.165) is 21.3 Å². The van der Waals surface area contributed by atoms with Crippen molar-refractivity contribution in [3.8, 4) is 0 Å². The average Bonchev–Trinajstić information content (AvgIpc) is 3.43. The Morgan fingerprint density at radius 3 is 2.27 bits per heavy atom. The van der Waals surface area contributed by atoms with Crippen LogP contribution in [0.25, 0.3) is 10.2 Å². The fraction of sp³-hybridized carbons (Fsp3) is 0.333. The van der Waals surface area contributed by atoms with Crippen LogP contribution < -0.4 is 0 Å². The summed E-state index contributed by atoms with van der Waals surface area (Å²) in [6.45, 7) is 3.97. The molecule has 0 radical (unpaired) electrons. The van der Waals surface area contributed by atoms with Crippen LogP contribution in [0.2, 0.25) is 0 Å². The van der Waals surface area contributed by atoms with Gasteiger partial charge >= 0.3 is 6.09 Å². The number of amides is 1. The number of carbonyl (C=O) groups excluding carboxylic acids is 1. The summed E-state index contributed by atoms with van der Waals surface area (Å²) in [7, 11) is -2.37. The fourth-order valence-electron chi connectivity index (χ4n) is 4.50. The summed E-state index contributed by atoms with van der Waals surface area (Å²) in [6, 6.07) is 23.0. The van der Waals surface area contributed by atoms with E-state index in [1.165, 1.54) is 20.5 Å². The Kier molecular flexibility index (Phi) is 9.91. The standard InChI is InChI=1S/C30H35N3O5S2/c1-22(2)18-33(40(36,37)25-14-15-26-29(17-25)39-21-31-26)19-28(34)27(16-23-10-6-4-7-11-23)32(3)30(35)38-20-24-12-8-5-9-13-24/h4-15,17,21-22,27-28,34H,16,18-20H2,1-3H3/t27-,28+/m0/s1. The summed E-state index contributed by atoms with van der Waals surface area (Å²) in [5.74, 6) is 0.00949. The Hall–Kier alpha value is -3.31. The molecule has 0 saturated carbocycles. The number of benzene rings is 3. The number of carbonyl (C=O) groups is 1. The fourth-order valence-corrected chi connectivity index (χ4v) is 6.94. The first kappa shape index (κ1) is 29.7. The van der Waals surface area contributed by atoms with E-state index < -0.39 is 28.3 Å². The molecule has 1 aromatic heterocycles. The second kappa shape index (κ2) is 13.4. The van der Waals surface area contributed by atoms with Crippen LogP contribution in [-0.2, 0) is 27.8 Å². The quantitative estimate of drug-likeness (QED) is 0.247. The molecule has 1 heterocycles. The minimum atomic E-state index is -3.94. The molecule has 0 aliphatic rings. The van der Waals surface area contributed by atoms with E-state index in [0.29, 0.717) is 6.42 Å². The van der Waals surface area contributed by atoms with Crippen molar-refractivity contribution in [2.45, 2.75) is 43.9 Å². The number of rotatable bonds is 12. The summed E-state index contributed by atoms with van der Waals surface area (Å²) in [5.41, 5.74) is 4.16. The second-order valence-electron chi connectivity index (χ2n) is 10.2. The third-order valence-electron chi connectivity index (χ3n) is 6.62. The van der Waals surface area contributed by atoms with Crippen molar-refractivity contribution in [3.05, 3.63) is 95.5 Å². The first-order valence-electron chi connectivity index (χ1n) is 13.1. The zero-order valence-corrected chi connectivity index (χ0v) is 24.5. The number of hydrogen-bond donors (Lipinski definition) is 1. The van der Waals surface area contributed by atoms with Crippen molar-refractivity contribution in [3.63, 3.8) is 0 Å². The van der Waals surface area contributed by atoms with Crippen LogP contribution in [0.15, 0.2) is 89.3 Å². The molecule has 0 bridgehead atoms. The third-order valence-corrected chi connectivity index (χ3v) is 9.24. The van der Waals surface area contributed by atoms with Crippen LogP contribution in [0, 0.1) is 5.92 Å². The number of nitrogens with zero attached hydrogens (tertiary/aromatic N) is 3. The molecule has 0 aliphatic carbocycles. The van der Waals surface area contributed by atoms with E-state index in [1.807, 2.05) is 74.5 Å². The number of thiazole rings is 1. The van der Waals surface area contributed by atoms with Crippen LogP contribution in [0.5, 0.6) is 0 Å². The average molecular weight is 582 g/mol. The smallest absolute Gasteiger partial charge is 0.410 e. The van der Waals surface area contributed by atoms with Gasteiger partial charge in [-0.05, 0) is 41.7 Å². The molecule has 0 fully saturated rings. The highest BCUT2D eigenvalue weighted by molar-refractivity contribution is 7.89. The number of aromatic nitrogens is 1. The number of aliphatic hydroxyl groups excluding tert-OH is 1. The monoisotopic (exact) mass is 581 g/mol. The van der Waals surface area contributed by atoms with Gasteiger partial charge in [0, 0.05) is 20.1 Å². The van der Waals surface area contributed by atoms with Gasteiger partial charge in [-0.3, -0.25) is 0 Å². The third kappa shape index (κ3) is 7.45. The molecule has 0 saturated heterocycles. The second-order valence-corrected chi connectivity index (χ2v) is 13.0. The summed E-state index contributed by atoms with van der Waals surface area (Å²) in [5, 5.41) is 11.5. The Morgan fingerprint density at radius 1 is 0.975 bits per heavy atom. The highest BCUT2D eigenvalue weighted by atomic mass is 32.2. The molecule has 2 atom stereocenters. The van der Waals surface area contributed by atoms with Gasteiger partial charge in [0.1, 0.15) is 6.61 Å². The first-order chi connectivity index (χ1) is 19.1. The van der Waals surface area contributed by atoms with Gasteiger partial charge in [0.2, 0.25) is 10.0 Å². The summed E-state index contributed by atoms with van der Waals surface area (Å²) in [6.07, 6.45) is -1.46. The number of sulfonamides is 1. The Bertz CT molecular complexity index is 1490. The van der Waals surface area contributed by atoms with Gasteiger partial charge in [-0.2, -0.15) is 4.31 Å². The van der Waals surface area contributed by atoms with Gasteiger partial charge in [0.15, 0.2) is 0 Å². The lowest BCUT2D eigenvalue weighted by molar-refractivity contribution is 0.0332. The van der Waals surface area contributed by atoms with E-state index in [-0.39, 0.29) is 30.5 Å². The Labute approximate surface area is 239 Å². The zero-order valence-electron chi connectivity index (χ0n) is 22.9. The highest BCUT2D eigenvalue weighted by Gasteiger charge is 2.34. The maximum Gasteiger partial charge on any atom is 0.410 e. The number of likely N-dealkylation sites (N-methyl/N-ethyl adjacent to an activating group) is 1. The Balaban J connectivity index is 1.58. The summed E-state index contributed by atoms with van der Waals surface area (Å²) < 4.78 is 35.2. The van der Waals surface area contributed by atoms with Crippen molar-refractivity contribution < 1.29 is 23.1 Å². The molecule has 0 unspecified atom stereocenters. The van der Waals surface area contributed by atoms with Crippen LogP contribution in [0.3, 0.4) is 0 Å².